The number of aldehydes is 1. The van der Waals surface area contributed by atoms with Gasteiger partial charge in [0.2, 0.25) is 0 Å². The molecule has 0 fully saturated rings. The topological polar surface area (TPSA) is 17.1 Å². The van der Waals surface area contributed by atoms with Gasteiger partial charge < -0.3 is 4.79 Å². The molecule has 1 rings (SSSR count). The zero-order valence-electron chi connectivity index (χ0n) is 7.59. The molecular formula is C10H8ClF3O. The predicted octanol–water partition coefficient (Wildman–Crippen LogP) is 3.57. The normalized spacial score (nSPS) is 13.6. The molecular weight excluding hydrogens is 229 g/mol. The number of hydrogen-bond acceptors (Lipinski definition) is 1. The standard InChI is InChI=1S/C10H8ClF3O/c11-8-3-1-7(2-4-8)9(5-6-15)10(12,13)14/h1-4,6,9H,5H2. The first kappa shape index (κ1) is 12.0. The number of halogens is 4. The van der Waals surface area contributed by atoms with Gasteiger partial charge >= 0.3 is 6.18 Å². The van der Waals surface area contributed by atoms with Crippen molar-refractivity contribution < 1.29 is 18.0 Å². The van der Waals surface area contributed by atoms with Crippen LogP contribution in [-0.2, 0) is 4.79 Å². The Morgan fingerprint density at radius 2 is 1.80 bits per heavy atom. The largest absolute Gasteiger partial charge is 0.396 e. The lowest BCUT2D eigenvalue weighted by atomic mass is 9.96. The monoisotopic (exact) mass is 236 g/mol. The molecule has 0 aromatic heterocycles. The third-order valence-electron chi connectivity index (χ3n) is 2.00. The quantitative estimate of drug-likeness (QED) is 0.733. The lowest BCUT2D eigenvalue weighted by Gasteiger charge is -2.18. The van der Waals surface area contributed by atoms with E-state index >= 15 is 0 Å². The maximum Gasteiger partial charge on any atom is 0.396 e. The minimum atomic E-state index is -4.41. The van der Waals surface area contributed by atoms with Crippen molar-refractivity contribution in [1.29, 1.82) is 0 Å². The van der Waals surface area contributed by atoms with E-state index < -0.39 is 18.5 Å². The summed E-state index contributed by atoms with van der Waals surface area (Å²) in [5.41, 5.74) is 0.0546. The van der Waals surface area contributed by atoms with Crippen LogP contribution in [0, 0.1) is 0 Å². The Balaban J connectivity index is 2.99. The molecule has 15 heavy (non-hydrogen) atoms. The summed E-state index contributed by atoms with van der Waals surface area (Å²) in [5.74, 6) is -1.74. The van der Waals surface area contributed by atoms with Crippen molar-refractivity contribution in [1.82, 2.24) is 0 Å². The SMILES string of the molecule is O=CCC(c1ccc(Cl)cc1)C(F)(F)F. The molecule has 0 aliphatic heterocycles. The van der Waals surface area contributed by atoms with Crippen LogP contribution in [0.2, 0.25) is 5.02 Å². The van der Waals surface area contributed by atoms with Crippen LogP contribution in [-0.4, -0.2) is 12.5 Å². The van der Waals surface area contributed by atoms with Gasteiger partial charge in [0, 0.05) is 11.4 Å². The van der Waals surface area contributed by atoms with Crippen LogP contribution in [0.1, 0.15) is 17.9 Å². The average molecular weight is 237 g/mol. The molecule has 0 saturated heterocycles. The van der Waals surface area contributed by atoms with Crippen molar-refractivity contribution in [2.45, 2.75) is 18.5 Å². The number of benzene rings is 1. The van der Waals surface area contributed by atoms with Gasteiger partial charge in [-0.3, -0.25) is 0 Å². The second-order valence-electron chi connectivity index (χ2n) is 3.05. The number of carbonyl (C=O) groups is 1. The lowest BCUT2D eigenvalue weighted by molar-refractivity contribution is -0.154. The van der Waals surface area contributed by atoms with E-state index in [4.69, 9.17) is 11.6 Å². The summed E-state index contributed by atoms with van der Waals surface area (Å²) < 4.78 is 37.5. The van der Waals surface area contributed by atoms with E-state index in [9.17, 15) is 18.0 Å². The van der Waals surface area contributed by atoms with Crippen LogP contribution in [0.4, 0.5) is 13.2 Å². The molecule has 1 aromatic rings. The molecule has 1 nitrogen and oxygen atoms in total. The first-order chi connectivity index (χ1) is 6.95. The zero-order valence-corrected chi connectivity index (χ0v) is 8.35. The fraction of sp³-hybridized carbons (Fsp3) is 0.300. The second kappa shape index (κ2) is 4.66. The van der Waals surface area contributed by atoms with E-state index in [1.165, 1.54) is 24.3 Å². The molecule has 0 saturated carbocycles. The van der Waals surface area contributed by atoms with Crippen LogP contribution in [0.5, 0.6) is 0 Å². The first-order valence-corrected chi connectivity index (χ1v) is 4.58. The number of hydrogen-bond donors (Lipinski definition) is 0. The van der Waals surface area contributed by atoms with Crippen LogP contribution in [0.15, 0.2) is 24.3 Å². The molecule has 0 radical (unpaired) electrons. The van der Waals surface area contributed by atoms with Gasteiger partial charge in [-0.2, -0.15) is 13.2 Å². The minimum Gasteiger partial charge on any atom is -0.303 e. The average Bonchev–Trinajstić information content (AvgIpc) is 2.14. The van der Waals surface area contributed by atoms with E-state index in [-0.39, 0.29) is 11.8 Å². The van der Waals surface area contributed by atoms with Crippen LogP contribution < -0.4 is 0 Å². The third-order valence-corrected chi connectivity index (χ3v) is 2.25. The molecule has 0 N–H and O–H groups in total. The Kier molecular flexibility index (Phi) is 3.74. The van der Waals surface area contributed by atoms with E-state index in [2.05, 4.69) is 0 Å². The van der Waals surface area contributed by atoms with Crippen molar-refractivity contribution in [3.05, 3.63) is 34.9 Å². The molecule has 0 amide bonds. The fourth-order valence-electron chi connectivity index (χ4n) is 1.25. The number of alkyl halides is 3. The minimum absolute atomic E-state index is 0.0546. The van der Waals surface area contributed by atoms with Gasteiger partial charge in [-0.1, -0.05) is 23.7 Å². The predicted molar refractivity (Wildman–Crippen MR) is 50.9 cm³/mol. The summed E-state index contributed by atoms with van der Waals surface area (Å²) in [5, 5.41) is 0.366. The summed E-state index contributed by atoms with van der Waals surface area (Å²) >= 11 is 5.56. The van der Waals surface area contributed by atoms with E-state index in [1.54, 1.807) is 0 Å². The Labute approximate surface area is 89.9 Å². The van der Waals surface area contributed by atoms with Gasteiger partial charge in [0.05, 0.1) is 5.92 Å². The van der Waals surface area contributed by atoms with Crippen molar-refractivity contribution in [3.63, 3.8) is 0 Å². The summed E-state index contributed by atoms with van der Waals surface area (Å²) in [6.07, 6.45) is -4.70. The fourth-order valence-corrected chi connectivity index (χ4v) is 1.38. The van der Waals surface area contributed by atoms with Crippen molar-refractivity contribution in [3.8, 4) is 0 Å². The molecule has 1 unspecified atom stereocenters. The van der Waals surface area contributed by atoms with E-state index in [0.29, 0.717) is 5.02 Å². The molecule has 5 heteroatoms. The van der Waals surface area contributed by atoms with Crippen molar-refractivity contribution in [2.75, 3.05) is 0 Å². The highest BCUT2D eigenvalue weighted by Crippen LogP contribution is 2.36. The first-order valence-electron chi connectivity index (χ1n) is 4.21. The van der Waals surface area contributed by atoms with Gasteiger partial charge in [-0.15, -0.1) is 0 Å². The van der Waals surface area contributed by atoms with Crippen LogP contribution in [0.3, 0.4) is 0 Å². The van der Waals surface area contributed by atoms with E-state index in [0.717, 1.165) is 0 Å². The molecule has 0 bridgehead atoms. The smallest absolute Gasteiger partial charge is 0.303 e. The highest BCUT2D eigenvalue weighted by Gasteiger charge is 2.40. The maximum atomic E-state index is 12.5. The molecule has 0 aliphatic carbocycles. The molecule has 0 heterocycles. The van der Waals surface area contributed by atoms with Gasteiger partial charge in [0.25, 0.3) is 0 Å². The summed E-state index contributed by atoms with van der Waals surface area (Å²) in [4.78, 5) is 10.2. The molecule has 0 aliphatic rings. The van der Waals surface area contributed by atoms with Crippen LogP contribution >= 0.6 is 11.6 Å². The number of rotatable bonds is 3. The summed E-state index contributed by atoms with van der Waals surface area (Å²) in [6.45, 7) is 0. The summed E-state index contributed by atoms with van der Waals surface area (Å²) in [7, 11) is 0. The Morgan fingerprint density at radius 1 is 1.27 bits per heavy atom. The Morgan fingerprint density at radius 3 is 2.20 bits per heavy atom. The highest BCUT2D eigenvalue weighted by molar-refractivity contribution is 6.30. The van der Waals surface area contributed by atoms with E-state index in [1.807, 2.05) is 0 Å². The third kappa shape index (κ3) is 3.23. The lowest BCUT2D eigenvalue weighted by Crippen LogP contribution is -2.21. The molecule has 1 atom stereocenters. The zero-order chi connectivity index (χ0) is 11.5. The molecule has 0 spiro atoms. The Hall–Kier alpha value is -1.03. The van der Waals surface area contributed by atoms with Crippen LogP contribution in [0.25, 0.3) is 0 Å². The van der Waals surface area contributed by atoms with Gasteiger partial charge in [-0.05, 0) is 17.7 Å². The number of carbonyl (C=O) groups excluding carboxylic acids is 1. The van der Waals surface area contributed by atoms with Gasteiger partial charge in [0.15, 0.2) is 0 Å². The van der Waals surface area contributed by atoms with Gasteiger partial charge in [-0.25, -0.2) is 0 Å². The maximum absolute atomic E-state index is 12.5. The molecule has 82 valence electrons. The molecule has 1 aromatic carbocycles. The van der Waals surface area contributed by atoms with Crippen molar-refractivity contribution >= 4 is 17.9 Å². The highest BCUT2D eigenvalue weighted by atomic mass is 35.5. The van der Waals surface area contributed by atoms with Crippen molar-refractivity contribution in [2.24, 2.45) is 0 Å². The summed E-state index contributed by atoms with van der Waals surface area (Å²) in [6, 6.07) is 5.31. The van der Waals surface area contributed by atoms with Gasteiger partial charge in [0.1, 0.15) is 6.29 Å². The Bertz CT molecular complexity index is 332. The second-order valence-corrected chi connectivity index (χ2v) is 3.48.